The number of nitrogen functional groups attached to an aromatic ring is 1. The van der Waals surface area contributed by atoms with Crippen LogP contribution in [0, 0.1) is 0 Å². The monoisotopic (exact) mass is 253 g/mol. The summed E-state index contributed by atoms with van der Waals surface area (Å²) in [6.45, 7) is 6.54. The Hall–Kier alpha value is -2.03. The molecule has 3 nitrogen and oxygen atoms in total. The highest BCUT2D eigenvalue weighted by molar-refractivity contribution is 6.10. The lowest BCUT2D eigenvalue weighted by atomic mass is 10.1. The number of aromatic nitrogens is 2. The first-order valence-corrected chi connectivity index (χ1v) is 6.81. The standard InChI is InChI=1S/C16H19N3/c1-4-11-15-12-7-5-6-8-13(12)19(10(2)3)14(15)9-18-16(11)17/h5-10H,4H2,1-3H3,(H2,17,18). The summed E-state index contributed by atoms with van der Waals surface area (Å²) in [7, 11) is 0. The third-order valence-electron chi connectivity index (χ3n) is 3.76. The van der Waals surface area contributed by atoms with Gasteiger partial charge >= 0.3 is 0 Å². The van der Waals surface area contributed by atoms with Gasteiger partial charge in [-0.2, -0.15) is 0 Å². The van der Waals surface area contributed by atoms with Crippen LogP contribution in [0.5, 0.6) is 0 Å². The number of rotatable bonds is 2. The third kappa shape index (κ3) is 1.61. The molecule has 0 aliphatic rings. The summed E-state index contributed by atoms with van der Waals surface area (Å²) < 4.78 is 2.34. The molecule has 0 saturated heterocycles. The zero-order valence-electron chi connectivity index (χ0n) is 11.6. The zero-order chi connectivity index (χ0) is 13.6. The van der Waals surface area contributed by atoms with Crippen LogP contribution < -0.4 is 5.73 Å². The Balaban J connectivity index is 2.60. The molecule has 0 amide bonds. The molecule has 0 spiro atoms. The fourth-order valence-electron chi connectivity index (χ4n) is 2.98. The number of para-hydroxylation sites is 1. The fraction of sp³-hybridized carbons (Fsp3) is 0.312. The normalized spacial score (nSPS) is 11.8. The van der Waals surface area contributed by atoms with E-state index in [4.69, 9.17) is 5.73 Å². The van der Waals surface area contributed by atoms with Crippen LogP contribution in [-0.2, 0) is 6.42 Å². The van der Waals surface area contributed by atoms with Gasteiger partial charge in [-0.15, -0.1) is 0 Å². The molecule has 0 aliphatic heterocycles. The molecule has 0 radical (unpaired) electrons. The maximum absolute atomic E-state index is 6.05. The predicted octanol–water partition coefficient (Wildman–Crippen LogP) is 3.92. The van der Waals surface area contributed by atoms with Gasteiger partial charge < -0.3 is 10.3 Å². The first-order valence-electron chi connectivity index (χ1n) is 6.81. The molecular formula is C16H19N3. The number of nitrogens with zero attached hydrogens (tertiary/aromatic N) is 2. The van der Waals surface area contributed by atoms with E-state index in [9.17, 15) is 0 Å². The van der Waals surface area contributed by atoms with Crippen molar-refractivity contribution >= 4 is 27.6 Å². The Morgan fingerprint density at radius 3 is 2.63 bits per heavy atom. The van der Waals surface area contributed by atoms with Crippen LogP contribution in [0.3, 0.4) is 0 Å². The van der Waals surface area contributed by atoms with Crippen molar-refractivity contribution in [1.29, 1.82) is 0 Å². The molecule has 3 rings (SSSR count). The molecule has 0 unspecified atom stereocenters. The Morgan fingerprint density at radius 2 is 1.95 bits per heavy atom. The fourth-order valence-corrected chi connectivity index (χ4v) is 2.98. The van der Waals surface area contributed by atoms with Gasteiger partial charge in [0.05, 0.1) is 11.7 Å². The lowest BCUT2D eigenvalue weighted by Gasteiger charge is -2.11. The molecule has 3 heteroatoms. The molecule has 0 fully saturated rings. The Kier molecular flexibility index (Phi) is 2.70. The van der Waals surface area contributed by atoms with Gasteiger partial charge in [0.25, 0.3) is 0 Å². The average Bonchev–Trinajstić information content (AvgIpc) is 2.73. The number of anilines is 1. The summed E-state index contributed by atoms with van der Waals surface area (Å²) >= 11 is 0. The summed E-state index contributed by atoms with van der Waals surface area (Å²) in [6.07, 6.45) is 2.81. The van der Waals surface area contributed by atoms with Gasteiger partial charge in [-0.1, -0.05) is 25.1 Å². The Morgan fingerprint density at radius 1 is 1.21 bits per heavy atom. The van der Waals surface area contributed by atoms with Gasteiger partial charge in [0.2, 0.25) is 0 Å². The molecular weight excluding hydrogens is 234 g/mol. The van der Waals surface area contributed by atoms with Gasteiger partial charge in [0.1, 0.15) is 5.82 Å². The molecule has 0 bridgehead atoms. The molecule has 0 aliphatic carbocycles. The van der Waals surface area contributed by atoms with E-state index in [1.54, 1.807) is 0 Å². The van der Waals surface area contributed by atoms with Crippen molar-refractivity contribution in [2.45, 2.75) is 33.2 Å². The number of nitrogens with two attached hydrogens (primary N) is 1. The second kappa shape index (κ2) is 4.26. The van der Waals surface area contributed by atoms with Crippen LogP contribution in [0.25, 0.3) is 21.8 Å². The minimum atomic E-state index is 0.400. The predicted molar refractivity (Wildman–Crippen MR) is 81.4 cm³/mol. The van der Waals surface area contributed by atoms with Gasteiger partial charge in [-0.3, -0.25) is 0 Å². The minimum absolute atomic E-state index is 0.400. The molecule has 0 saturated carbocycles. The molecule has 0 atom stereocenters. The summed E-state index contributed by atoms with van der Waals surface area (Å²) in [5.41, 5.74) is 9.65. The van der Waals surface area contributed by atoms with Crippen LogP contribution in [0.2, 0.25) is 0 Å². The van der Waals surface area contributed by atoms with E-state index in [2.05, 4.69) is 54.6 Å². The van der Waals surface area contributed by atoms with E-state index in [-0.39, 0.29) is 0 Å². The van der Waals surface area contributed by atoms with Gasteiger partial charge in [0, 0.05) is 27.9 Å². The van der Waals surface area contributed by atoms with Crippen LogP contribution in [0.4, 0.5) is 5.82 Å². The maximum atomic E-state index is 6.05. The van der Waals surface area contributed by atoms with E-state index < -0.39 is 0 Å². The Labute approximate surface area is 113 Å². The molecule has 19 heavy (non-hydrogen) atoms. The number of hydrogen-bond acceptors (Lipinski definition) is 2. The summed E-state index contributed by atoms with van der Waals surface area (Å²) in [5.74, 6) is 0.654. The van der Waals surface area contributed by atoms with E-state index in [0.717, 1.165) is 12.0 Å². The van der Waals surface area contributed by atoms with Crippen molar-refractivity contribution in [2.24, 2.45) is 0 Å². The molecule has 2 aromatic heterocycles. The first kappa shape index (κ1) is 12.0. The SMILES string of the molecule is CCc1c(N)ncc2c1c1ccccc1n2C(C)C. The number of fused-ring (bicyclic) bond motifs is 3. The smallest absolute Gasteiger partial charge is 0.127 e. The molecule has 1 aromatic carbocycles. The van der Waals surface area contributed by atoms with Crippen molar-refractivity contribution in [3.63, 3.8) is 0 Å². The summed E-state index contributed by atoms with van der Waals surface area (Å²) in [5, 5.41) is 2.54. The minimum Gasteiger partial charge on any atom is -0.383 e. The zero-order valence-corrected chi connectivity index (χ0v) is 11.6. The topological polar surface area (TPSA) is 43.8 Å². The van der Waals surface area contributed by atoms with E-state index in [1.807, 2.05) is 6.20 Å². The van der Waals surface area contributed by atoms with Crippen molar-refractivity contribution in [1.82, 2.24) is 9.55 Å². The van der Waals surface area contributed by atoms with E-state index in [0.29, 0.717) is 11.9 Å². The van der Waals surface area contributed by atoms with Gasteiger partial charge in [-0.25, -0.2) is 4.98 Å². The van der Waals surface area contributed by atoms with Gasteiger partial charge in [0.15, 0.2) is 0 Å². The van der Waals surface area contributed by atoms with Crippen molar-refractivity contribution in [3.05, 3.63) is 36.0 Å². The van der Waals surface area contributed by atoms with Crippen LogP contribution >= 0.6 is 0 Å². The highest BCUT2D eigenvalue weighted by atomic mass is 15.0. The number of pyridine rings is 1. The highest BCUT2D eigenvalue weighted by Crippen LogP contribution is 2.35. The number of hydrogen-bond donors (Lipinski definition) is 1. The maximum Gasteiger partial charge on any atom is 0.127 e. The third-order valence-corrected chi connectivity index (χ3v) is 3.76. The lowest BCUT2D eigenvalue weighted by molar-refractivity contribution is 0.641. The van der Waals surface area contributed by atoms with Crippen molar-refractivity contribution < 1.29 is 0 Å². The van der Waals surface area contributed by atoms with Gasteiger partial charge in [-0.05, 0) is 26.3 Å². The van der Waals surface area contributed by atoms with E-state index in [1.165, 1.54) is 21.8 Å². The summed E-state index contributed by atoms with van der Waals surface area (Å²) in [6, 6.07) is 8.92. The molecule has 2 heterocycles. The second-order valence-electron chi connectivity index (χ2n) is 5.22. The van der Waals surface area contributed by atoms with Crippen LogP contribution in [0.15, 0.2) is 30.5 Å². The largest absolute Gasteiger partial charge is 0.383 e. The molecule has 2 N–H and O–H groups in total. The number of benzene rings is 1. The number of aryl methyl sites for hydroxylation is 1. The molecule has 3 aromatic rings. The lowest BCUT2D eigenvalue weighted by Crippen LogP contribution is -2.02. The van der Waals surface area contributed by atoms with Crippen molar-refractivity contribution in [3.8, 4) is 0 Å². The second-order valence-corrected chi connectivity index (χ2v) is 5.22. The quantitative estimate of drug-likeness (QED) is 0.752. The first-order chi connectivity index (χ1) is 9.15. The van der Waals surface area contributed by atoms with Crippen LogP contribution in [-0.4, -0.2) is 9.55 Å². The van der Waals surface area contributed by atoms with E-state index >= 15 is 0 Å². The average molecular weight is 253 g/mol. The Bertz CT molecular complexity index is 753. The van der Waals surface area contributed by atoms with Crippen molar-refractivity contribution in [2.75, 3.05) is 5.73 Å². The van der Waals surface area contributed by atoms with Crippen LogP contribution in [0.1, 0.15) is 32.4 Å². The molecule has 98 valence electrons. The highest BCUT2D eigenvalue weighted by Gasteiger charge is 2.16. The summed E-state index contributed by atoms with van der Waals surface area (Å²) in [4.78, 5) is 4.37.